The molecule has 1 aliphatic rings. The lowest BCUT2D eigenvalue weighted by Crippen LogP contribution is -2.54. The molecule has 3 rings (SSSR count). The smallest absolute Gasteiger partial charge is 0.352 e. The van der Waals surface area contributed by atoms with E-state index in [2.05, 4.69) is 15.5 Å². The summed E-state index contributed by atoms with van der Waals surface area (Å²) in [4.78, 5) is 13.4. The monoisotopic (exact) mass is 340 g/mol. The Bertz CT molecular complexity index is 727. The number of benzene rings is 1. The Labute approximate surface area is 137 Å². The highest BCUT2D eigenvalue weighted by Crippen LogP contribution is 2.30. The molecule has 0 spiro atoms. The first kappa shape index (κ1) is 16.8. The average Bonchev–Trinajstić information content (AvgIpc) is 2.93. The highest BCUT2D eigenvalue weighted by Gasteiger charge is 2.44. The minimum atomic E-state index is -4.22. The molecule has 2 N–H and O–H groups in total. The van der Waals surface area contributed by atoms with E-state index in [9.17, 15) is 18.0 Å². The molecule has 24 heavy (non-hydrogen) atoms. The van der Waals surface area contributed by atoms with Crippen LogP contribution in [0.1, 0.15) is 18.4 Å². The predicted molar refractivity (Wildman–Crippen MR) is 83.4 cm³/mol. The number of halogens is 3. The van der Waals surface area contributed by atoms with Crippen LogP contribution in [0, 0.1) is 0 Å². The van der Waals surface area contributed by atoms with E-state index in [1.807, 2.05) is 18.2 Å². The van der Waals surface area contributed by atoms with Crippen LogP contribution in [-0.2, 0) is 11.2 Å². The van der Waals surface area contributed by atoms with E-state index in [4.69, 9.17) is 0 Å². The molecule has 130 valence electrons. The quantitative estimate of drug-likeness (QED) is 0.901. The van der Waals surface area contributed by atoms with Crippen molar-refractivity contribution in [2.75, 3.05) is 13.6 Å². The third-order valence-corrected chi connectivity index (χ3v) is 4.44. The van der Waals surface area contributed by atoms with Crippen LogP contribution < -0.4 is 5.32 Å². The van der Waals surface area contributed by atoms with Gasteiger partial charge in [0, 0.05) is 18.0 Å². The van der Waals surface area contributed by atoms with Gasteiger partial charge in [-0.25, -0.2) is 0 Å². The molecule has 2 atom stereocenters. The Morgan fingerprint density at radius 1 is 1.42 bits per heavy atom. The Kier molecular flexibility index (Phi) is 4.49. The van der Waals surface area contributed by atoms with E-state index >= 15 is 0 Å². The van der Waals surface area contributed by atoms with Crippen molar-refractivity contribution in [1.82, 2.24) is 20.4 Å². The van der Waals surface area contributed by atoms with Crippen molar-refractivity contribution in [1.29, 1.82) is 0 Å². The maximum Gasteiger partial charge on any atom is 0.404 e. The third-order valence-electron chi connectivity index (χ3n) is 4.44. The molecule has 2 heterocycles. The zero-order chi connectivity index (χ0) is 17.3. The Balaban J connectivity index is 1.55. The fraction of sp³-hybridized carbons (Fsp3) is 0.500. The summed E-state index contributed by atoms with van der Waals surface area (Å²) < 4.78 is 38.5. The second-order valence-corrected chi connectivity index (χ2v) is 6.31. The van der Waals surface area contributed by atoms with Gasteiger partial charge in [-0.1, -0.05) is 6.07 Å². The van der Waals surface area contributed by atoms with Gasteiger partial charge in [0.05, 0.1) is 18.1 Å². The van der Waals surface area contributed by atoms with Crippen LogP contribution >= 0.6 is 0 Å². The molecule has 1 fully saturated rings. The lowest BCUT2D eigenvalue weighted by atomic mass is 9.98. The highest BCUT2D eigenvalue weighted by molar-refractivity contribution is 5.83. The number of likely N-dealkylation sites (tertiary alicyclic amines) is 1. The minimum absolute atomic E-state index is 0.00588. The number of hydrogen-bond acceptors (Lipinski definition) is 3. The van der Waals surface area contributed by atoms with Crippen molar-refractivity contribution in [2.45, 2.75) is 37.5 Å². The van der Waals surface area contributed by atoms with Crippen molar-refractivity contribution in [2.24, 2.45) is 0 Å². The van der Waals surface area contributed by atoms with E-state index in [1.165, 1.54) is 11.9 Å². The number of nitrogens with zero attached hydrogens (tertiary/aromatic N) is 2. The van der Waals surface area contributed by atoms with E-state index in [-0.39, 0.29) is 31.3 Å². The fourth-order valence-electron chi connectivity index (χ4n) is 3.24. The molecule has 1 amide bonds. The SMILES string of the molecule is CN1C[C@H](NC(=O)Cc2ccc3[nH]ncc3c2)CC[C@H]1C(F)(F)F. The van der Waals surface area contributed by atoms with Crippen LogP contribution in [0.5, 0.6) is 0 Å². The number of fused-ring (bicyclic) bond motifs is 1. The normalized spacial score (nSPS) is 22.7. The number of carbonyl (C=O) groups excluding carboxylic acids is 1. The Morgan fingerprint density at radius 2 is 2.21 bits per heavy atom. The second-order valence-electron chi connectivity index (χ2n) is 6.31. The molecule has 0 unspecified atom stereocenters. The molecular weight excluding hydrogens is 321 g/mol. The van der Waals surface area contributed by atoms with Crippen molar-refractivity contribution in [3.8, 4) is 0 Å². The van der Waals surface area contributed by atoms with Gasteiger partial charge in [-0.05, 0) is 37.6 Å². The maximum atomic E-state index is 12.8. The summed E-state index contributed by atoms with van der Waals surface area (Å²) in [6.45, 7) is 0.205. The molecule has 0 saturated carbocycles. The highest BCUT2D eigenvalue weighted by atomic mass is 19.4. The molecule has 5 nitrogen and oxygen atoms in total. The third kappa shape index (κ3) is 3.69. The number of hydrogen-bond donors (Lipinski definition) is 2. The second kappa shape index (κ2) is 6.43. The zero-order valence-electron chi connectivity index (χ0n) is 13.2. The minimum Gasteiger partial charge on any atom is -0.352 e. The summed E-state index contributed by atoms with van der Waals surface area (Å²) in [5.41, 5.74) is 1.74. The van der Waals surface area contributed by atoms with Gasteiger partial charge in [0.15, 0.2) is 0 Å². The largest absolute Gasteiger partial charge is 0.404 e. The summed E-state index contributed by atoms with van der Waals surface area (Å²) in [6.07, 6.45) is -2.00. The molecule has 8 heteroatoms. The first-order chi connectivity index (χ1) is 11.3. The van der Waals surface area contributed by atoms with Gasteiger partial charge in [0.25, 0.3) is 0 Å². The van der Waals surface area contributed by atoms with Crippen molar-refractivity contribution in [3.05, 3.63) is 30.0 Å². The van der Waals surface area contributed by atoms with Crippen LogP contribution in [0.4, 0.5) is 13.2 Å². The number of rotatable bonds is 3. The number of piperidine rings is 1. The predicted octanol–water partition coefficient (Wildman–Crippen LogP) is 2.25. The number of alkyl halides is 3. The molecule has 1 saturated heterocycles. The van der Waals surface area contributed by atoms with E-state index < -0.39 is 12.2 Å². The molecule has 1 aliphatic heterocycles. The standard InChI is InChI=1S/C16H19F3N4O/c1-23-9-12(3-5-14(23)16(17,18)19)21-15(24)7-10-2-4-13-11(6-10)8-20-22-13/h2,4,6,8,12,14H,3,5,7,9H2,1H3,(H,20,22)(H,21,24)/t12-,14+/m1/s1. The number of aromatic nitrogens is 2. The number of carbonyl (C=O) groups is 1. The van der Waals surface area contributed by atoms with Crippen LogP contribution in [-0.4, -0.2) is 52.9 Å². The molecule has 0 radical (unpaired) electrons. The molecule has 0 bridgehead atoms. The van der Waals surface area contributed by atoms with Gasteiger partial charge in [-0.3, -0.25) is 14.8 Å². The summed E-state index contributed by atoms with van der Waals surface area (Å²) in [5.74, 6) is -0.179. The number of nitrogens with one attached hydrogen (secondary N) is 2. The van der Waals surface area contributed by atoms with E-state index in [1.54, 1.807) is 6.20 Å². The Morgan fingerprint density at radius 3 is 2.92 bits per heavy atom. The van der Waals surface area contributed by atoms with Crippen LogP contribution in [0.15, 0.2) is 24.4 Å². The van der Waals surface area contributed by atoms with Crippen molar-refractivity contribution < 1.29 is 18.0 Å². The molecule has 2 aromatic rings. The van der Waals surface area contributed by atoms with Gasteiger partial charge in [-0.2, -0.15) is 18.3 Å². The molecule has 1 aromatic heterocycles. The first-order valence-electron chi connectivity index (χ1n) is 7.81. The summed E-state index contributed by atoms with van der Waals surface area (Å²) in [7, 11) is 1.45. The van der Waals surface area contributed by atoms with E-state index in [0.717, 1.165) is 16.5 Å². The van der Waals surface area contributed by atoms with E-state index in [0.29, 0.717) is 6.42 Å². The average molecular weight is 340 g/mol. The molecule has 1 aromatic carbocycles. The van der Waals surface area contributed by atoms with Gasteiger partial charge in [0.2, 0.25) is 5.91 Å². The first-order valence-corrected chi connectivity index (χ1v) is 7.81. The van der Waals surface area contributed by atoms with Crippen LogP contribution in [0.3, 0.4) is 0 Å². The summed E-state index contributed by atoms with van der Waals surface area (Å²) in [6, 6.07) is 3.90. The number of aromatic amines is 1. The summed E-state index contributed by atoms with van der Waals surface area (Å²) in [5, 5.41) is 10.5. The number of H-pyrrole nitrogens is 1. The lowest BCUT2D eigenvalue weighted by Gasteiger charge is -2.38. The van der Waals surface area contributed by atoms with Crippen molar-refractivity contribution in [3.63, 3.8) is 0 Å². The lowest BCUT2D eigenvalue weighted by molar-refractivity contribution is -0.188. The van der Waals surface area contributed by atoms with Crippen molar-refractivity contribution >= 4 is 16.8 Å². The zero-order valence-corrected chi connectivity index (χ0v) is 13.2. The number of likely N-dealkylation sites (N-methyl/N-ethyl adjacent to an activating group) is 1. The topological polar surface area (TPSA) is 61.0 Å². The fourth-order valence-corrected chi connectivity index (χ4v) is 3.24. The van der Waals surface area contributed by atoms with Crippen LogP contribution in [0.2, 0.25) is 0 Å². The Hall–Kier alpha value is -2.09. The number of amides is 1. The van der Waals surface area contributed by atoms with Gasteiger partial charge < -0.3 is 5.32 Å². The molecular formula is C16H19F3N4O. The van der Waals surface area contributed by atoms with Gasteiger partial charge >= 0.3 is 6.18 Å². The van der Waals surface area contributed by atoms with Crippen LogP contribution in [0.25, 0.3) is 10.9 Å². The van der Waals surface area contributed by atoms with Gasteiger partial charge in [0.1, 0.15) is 6.04 Å². The summed E-state index contributed by atoms with van der Waals surface area (Å²) >= 11 is 0. The van der Waals surface area contributed by atoms with Gasteiger partial charge in [-0.15, -0.1) is 0 Å². The maximum absolute atomic E-state index is 12.8. The molecule has 0 aliphatic carbocycles.